The number of non-ortho nitro benzene ring substituents is 1. The molecule has 11 heteroatoms. The minimum Gasteiger partial charge on any atom is -0.449 e. The Hall–Kier alpha value is -3.47. The third kappa shape index (κ3) is 5.86. The second kappa shape index (κ2) is 9.99. The van der Waals surface area contributed by atoms with E-state index in [0.29, 0.717) is 19.0 Å². The third-order valence-corrected chi connectivity index (χ3v) is 6.82. The van der Waals surface area contributed by atoms with Crippen molar-refractivity contribution in [1.82, 2.24) is 4.90 Å². The van der Waals surface area contributed by atoms with Crippen molar-refractivity contribution in [2.75, 3.05) is 17.8 Å². The van der Waals surface area contributed by atoms with E-state index in [2.05, 4.69) is 11.6 Å². The van der Waals surface area contributed by atoms with E-state index in [1.165, 1.54) is 49.4 Å². The van der Waals surface area contributed by atoms with Gasteiger partial charge < -0.3 is 9.64 Å². The zero-order chi connectivity index (χ0) is 24.2. The van der Waals surface area contributed by atoms with Gasteiger partial charge in [-0.05, 0) is 43.9 Å². The molecule has 0 radical (unpaired) electrons. The van der Waals surface area contributed by atoms with Crippen molar-refractivity contribution in [3.05, 3.63) is 64.2 Å². The molecule has 1 saturated heterocycles. The summed E-state index contributed by atoms with van der Waals surface area (Å²) < 4.78 is 33.1. The summed E-state index contributed by atoms with van der Waals surface area (Å²) in [7, 11) is -4.23. The van der Waals surface area contributed by atoms with Crippen molar-refractivity contribution < 1.29 is 27.7 Å². The quantitative estimate of drug-likeness (QED) is 0.369. The lowest BCUT2D eigenvalue weighted by atomic mass is 9.99. The van der Waals surface area contributed by atoms with E-state index < -0.39 is 27.0 Å². The Labute approximate surface area is 191 Å². The van der Waals surface area contributed by atoms with Crippen LogP contribution in [0, 0.1) is 16.0 Å². The SMILES string of the molecule is CC1CCN(C(=O)[C@@H](C)OC(=O)c2ccccc2NS(=O)(=O)c2cccc([N+](=O)[O-])c2)CC1. The number of carbonyl (C=O) groups excluding carboxylic acids is 2. The lowest BCUT2D eigenvalue weighted by Crippen LogP contribution is -2.44. The van der Waals surface area contributed by atoms with Crippen molar-refractivity contribution in [3.8, 4) is 0 Å². The first-order valence-corrected chi connectivity index (χ1v) is 11.9. The molecule has 0 spiro atoms. The summed E-state index contributed by atoms with van der Waals surface area (Å²) in [6, 6.07) is 10.3. The van der Waals surface area contributed by atoms with Gasteiger partial charge in [0.1, 0.15) is 0 Å². The van der Waals surface area contributed by atoms with Gasteiger partial charge in [-0.3, -0.25) is 19.6 Å². The number of nitrogens with one attached hydrogen (secondary N) is 1. The molecule has 0 aliphatic carbocycles. The summed E-state index contributed by atoms with van der Waals surface area (Å²) >= 11 is 0. The molecule has 0 saturated carbocycles. The number of piperidine rings is 1. The second-order valence-electron chi connectivity index (χ2n) is 7.96. The first-order valence-electron chi connectivity index (χ1n) is 10.4. The number of rotatable bonds is 7. The number of nitrogens with zero attached hydrogens (tertiary/aromatic N) is 2. The maximum atomic E-state index is 12.8. The molecule has 33 heavy (non-hydrogen) atoms. The van der Waals surface area contributed by atoms with E-state index in [4.69, 9.17) is 4.74 Å². The molecule has 2 aromatic carbocycles. The van der Waals surface area contributed by atoms with Crippen molar-refractivity contribution in [3.63, 3.8) is 0 Å². The smallest absolute Gasteiger partial charge is 0.341 e. The van der Waals surface area contributed by atoms with Crippen LogP contribution >= 0.6 is 0 Å². The monoisotopic (exact) mass is 475 g/mol. The number of para-hydroxylation sites is 1. The molecule has 1 N–H and O–H groups in total. The lowest BCUT2D eigenvalue weighted by molar-refractivity contribution is -0.385. The first kappa shape index (κ1) is 24.2. The van der Waals surface area contributed by atoms with E-state index in [0.717, 1.165) is 18.9 Å². The van der Waals surface area contributed by atoms with Crippen LogP contribution in [0.3, 0.4) is 0 Å². The molecule has 1 aliphatic rings. The van der Waals surface area contributed by atoms with Gasteiger partial charge in [0.15, 0.2) is 6.10 Å². The van der Waals surface area contributed by atoms with Crippen molar-refractivity contribution in [2.45, 2.75) is 37.7 Å². The number of ether oxygens (including phenoxy) is 1. The van der Waals surface area contributed by atoms with Crippen LogP contribution in [0.2, 0.25) is 0 Å². The minimum atomic E-state index is -4.23. The predicted molar refractivity (Wildman–Crippen MR) is 120 cm³/mol. The molecular formula is C22H25N3O7S. The number of hydrogen-bond acceptors (Lipinski definition) is 7. The zero-order valence-corrected chi connectivity index (χ0v) is 19.1. The summed E-state index contributed by atoms with van der Waals surface area (Å²) in [5.41, 5.74) is -0.538. The number of benzene rings is 2. The predicted octanol–water partition coefficient (Wildman–Crippen LogP) is 3.20. The molecule has 1 fully saturated rings. The normalized spacial score (nSPS) is 15.5. The molecule has 1 atom stereocenters. The van der Waals surface area contributed by atoms with Gasteiger partial charge in [0.05, 0.1) is 21.1 Å². The minimum absolute atomic E-state index is 0.0690. The number of hydrogen-bond donors (Lipinski definition) is 1. The first-order chi connectivity index (χ1) is 15.6. The largest absolute Gasteiger partial charge is 0.449 e. The summed E-state index contributed by atoms with van der Waals surface area (Å²) in [6.45, 7) is 4.80. The van der Waals surface area contributed by atoms with E-state index in [-0.39, 0.29) is 27.7 Å². The number of likely N-dealkylation sites (tertiary alicyclic amines) is 1. The van der Waals surface area contributed by atoms with Crippen LogP contribution in [0.25, 0.3) is 0 Å². The van der Waals surface area contributed by atoms with Crippen LogP contribution in [0.15, 0.2) is 53.4 Å². The zero-order valence-electron chi connectivity index (χ0n) is 18.3. The fourth-order valence-corrected chi connectivity index (χ4v) is 4.60. The Bertz CT molecular complexity index is 1160. The highest BCUT2D eigenvalue weighted by atomic mass is 32.2. The van der Waals surface area contributed by atoms with Crippen LogP contribution in [0.5, 0.6) is 0 Å². The van der Waals surface area contributed by atoms with Crippen LogP contribution in [-0.2, 0) is 19.6 Å². The summed E-state index contributed by atoms with van der Waals surface area (Å²) in [6.07, 6.45) is 0.732. The van der Waals surface area contributed by atoms with E-state index in [1.54, 1.807) is 4.90 Å². The number of amides is 1. The molecule has 1 aliphatic heterocycles. The Morgan fingerprint density at radius 1 is 1.15 bits per heavy atom. The lowest BCUT2D eigenvalue weighted by Gasteiger charge is -2.32. The van der Waals surface area contributed by atoms with Crippen molar-refractivity contribution in [1.29, 1.82) is 0 Å². The molecule has 1 amide bonds. The van der Waals surface area contributed by atoms with Gasteiger partial charge >= 0.3 is 5.97 Å². The molecule has 10 nitrogen and oxygen atoms in total. The molecule has 176 valence electrons. The molecule has 2 aromatic rings. The molecule has 0 aromatic heterocycles. The van der Waals surface area contributed by atoms with E-state index >= 15 is 0 Å². The van der Waals surface area contributed by atoms with Gasteiger partial charge in [0.25, 0.3) is 21.6 Å². The number of carbonyl (C=O) groups is 2. The number of anilines is 1. The fourth-order valence-electron chi connectivity index (χ4n) is 3.48. The summed E-state index contributed by atoms with van der Waals surface area (Å²) in [5, 5.41) is 11.0. The van der Waals surface area contributed by atoms with E-state index in [9.17, 15) is 28.1 Å². The molecule has 0 unspecified atom stereocenters. The van der Waals surface area contributed by atoms with Gasteiger partial charge in [-0.2, -0.15) is 0 Å². The van der Waals surface area contributed by atoms with Crippen molar-refractivity contribution in [2.24, 2.45) is 5.92 Å². The van der Waals surface area contributed by atoms with Gasteiger partial charge in [-0.25, -0.2) is 13.2 Å². The number of esters is 1. The van der Waals surface area contributed by atoms with Crippen LogP contribution in [0.1, 0.15) is 37.0 Å². The standard InChI is InChI=1S/C22H25N3O7S/c1-15-10-12-24(13-11-15)21(26)16(2)32-22(27)19-8-3-4-9-20(19)23-33(30,31)18-7-5-6-17(14-18)25(28)29/h3-9,14-16,23H,10-13H2,1-2H3/t16-/m1/s1. The Morgan fingerprint density at radius 2 is 1.82 bits per heavy atom. The molecule has 0 bridgehead atoms. The summed E-state index contributed by atoms with van der Waals surface area (Å²) in [5.74, 6) is -0.624. The Kier molecular flexibility index (Phi) is 7.32. The number of nitro benzene ring substituents is 1. The maximum Gasteiger partial charge on any atom is 0.341 e. The average molecular weight is 476 g/mol. The number of sulfonamides is 1. The Balaban J connectivity index is 1.75. The Morgan fingerprint density at radius 3 is 2.48 bits per heavy atom. The van der Waals surface area contributed by atoms with E-state index in [1.807, 2.05) is 0 Å². The van der Waals surface area contributed by atoms with Crippen LogP contribution in [0.4, 0.5) is 11.4 Å². The van der Waals surface area contributed by atoms with Gasteiger partial charge in [-0.15, -0.1) is 0 Å². The summed E-state index contributed by atoms with van der Waals surface area (Å²) in [4.78, 5) is 37.0. The van der Waals surface area contributed by atoms with Gasteiger partial charge in [0, 0.05) is 25.2 Å². The molecular weight excluding hydrogens is 450 g/mol. The molecule has 3 rings (SSSR count). The van der Waals surface area contributed by atoms with Gasteiger partial charge in [-0.1, -0.05) is 25.1 Å². The van der Waals surface area contributed by atoms with Crippen molar-refractivity contribution >= 4 is 33.3 Å². The fraction of sp³-hybridized carbons (Fsp3) is 0.364. The topological polar surface area (TPSA) is 136 Å². The highest BCUT2D eigenvalue weighted by Crippen LogP contribution is 2.24. The maximum absolute atomic E-state index is 12.8. The van der Waals surface area contributed by atoms with Crippen LogP contribution < -0.4 is 4.72 Å². The van der Waals surface area contributed by atoms with Gasteiger partial charge in [0.2, 0.25) is 0 Å². The second-order valence-corrected chi connectivity index (χ2v) is 9.64. The molecule has 1 heterocycles. The average Bonchev–Trinajstić information content (AvgIpc) is 2.79. The highest BCUT2D eigenvalue weighted by molar-refractivity contribution is 7.92. The third-order valence-electron chi connectivity index (χ3n) is 5.46. The number of nitro groups is 1. The van der Waals surface area contributed by atoms with Crippen LogP contribution in [-0.4, -0.2) is 49.3 Å². The highest BCUT2D eigenvalue weighted by Gasteiger charge is 2.28.